The van der Waals surface area contributed by atoms with Gasteiger partial charge in [-0.1, -0.05) is 30.8 Å². The minimum Gasteiger partial charge on any atom is -0.462 e. The molecule has 6 rings (SSSR count). The van der Waals surface area contributed by atoms with Crippen LogP contribution in [0.15, 0.2) is 36.7 Å². The molecule has 0 radical (unpaired) electrons. The first-order valence-electron chi connectivity index (χ1n) is 14.2. The summed E-state index contributed by atoms with van der Waals surface area (Å²) in [7, 11) is 2.12. The Morgan fingerprint density at radius 3 is 2.80 bits per heavy atom. The monoisotopic (exact) mass is 545 g/mol. The molecule has 1 aromatic heterocycles. The minimum absolute atomic E-state index is 0.102. The number of aromatic nitrogens is 2. The summed E-state index contributed by atoms with van der Waals surface area (Å²) in [5, 5.41) is 9.46. The highest BCUT2D eigenvalue weighted by Crippen LogP contribution is 2.42. The fourth-order valence-corrected chi connectivity index (χ4v) is 6.81. The van der Waals surface area contributed by atoms with Crippen LogP contribution in [0.3, 0.4) is 0 Å². The summed E-state index contributed by atoms with van der Waals surface area (Å²) >= 11 is 0. The summed E-state index contributed by atoms with van der Waals surface area (Å²) in [6.07, 6.45) is 4.50. The normalized spacial score (nSPS) is 24.6. The second kappa shape index (κ2) is 11.1. The van der Waals surface area contributed by atoms with Crippen LogP contribution in [0.1, 0.15) is 54.1 Å². The number of hydrogen-bond acceptors (Lipinski definition) is 8. The molecule has 210 valence electrons. The summed E-state index contributed by atoms with van der Waals surface area (Å²) in [5.41, 5.74) is 4.84. The average molecular weight is 546 g/mol. The van der Waals surface area contributed by atoms with Gasteiger partial charge in [-0.25, -0.2) is 4.39 Å². The van der Waals surface area contributed by atoms with Crippen LogP contribution in [0.5, 0.6) is 6.01 Å². The molecule has 1 amide bonds. The van der Waals surface area contributed by atoms with Crippen LogP contribution in [0, 0.1) is 11.3 Å². The zero-order valence-corrected chi connectivity index (χ0v) is 23.1. The van der Waals surface area contributed by atoms with E-state index in [2.05, 4.69) is 58.7 Å². The molecular weight excluding hydrogens is 509 g/mol. The Morgan fingerprint density at radius 2 is 2.02 bits per heavy atom. The van der Waals surface area contributed by atoms with Gasteiger partial charge in [0.15, 0.2) is 5.83 Å². The number of ether oxygens (including phenoxy) is 1. The number of amides is 1. The van der Waals surface area contributed by atoms with Gasteiger partial charge in [-0.3, -0.25) is 9.69 Å². The van der Waals surface area contributed by atoms with Crippen molar-refractivity contribution in [3.8, 4) is 12.1 Å². The van der Waals surface area contributed by atoms with E-state index in [1.54, 1.807) is 0 Å². The number of carbonyl (C=O) groups is 1. The first-order chi connectivity index (χ1) is 19.4. The van der Waals surface area contributed by atoms with Gasteiger partial charge in [0.25, 0.3) is 5.91 Å². The molecule has 1 unspecified atom stereocenters. The molecule has 3 atom stereocenters. The number of hydrogen-bond donors (Lipinski definition) is 0. The smallest absolute Gasteiger partial charge is 0.318 e. The van der Waals surface area contributed by atoms with E-state index in [4.69, 9.17) is 14.7 Å². The second-order valence-corrected chi connectivity index (χ2v) is 11.4. The standard InChI is InChI=1S/C30H36FN7O2/c1-20(31)29(39)38-15-14-36(16-22(38)11-12-32)28-25-17-37(27-10-9-21-6-3-4-8-24(21)27)18-26(25)33-30(34-28)40-19-23-7-5-13-35(23)2/h3-4,6,8,22-23,27H,1,5,7,9-11,13-19H2,2H3/t22-,23-,27?/m0/s1. The van der Waals surface area contributed by atoms with Gasteiger partial charge in [-0.2, -0.15) is 15.2 Å². The van der Waals surface area contributed by atoms with Gasteiger partial charge in [0, 0.05) is 50.4 Å². The van der Waals surface area contributed by atoms with Gasteiger partial charge >= 0.3 is 6.01 Å². The molecule has 2 fully saturated rings. The number of piperazine rings is 1. The summed E-state index contributed by atoms with van der Waals surface area (Å²) in [5.74, 6) is -0.953. The van der Waals surface area contributed by atoms with E-state index in [1.807, 2.05) is 0 Å². The van der Waals surface area contributed by atoms with E-state index in [0.29, 0.717) is 44.3 Å². The van der Waals surface area contributed by atoms with Crippen molar-refractivity contribution in [3.05, 3.63) is 59.1 Å². The van der Waals surface area contributed by atoms with E-state index in [9.17, 15) is 14.4 Å². The molecule has 1 aromatic carbocycles. The first kappa shape index (κ1) is 26.7. The lowest BCUT2D eigenvalue weighted by molar-refractivity contribution is -0.131. The number of anilines is 1. The van der Waals surface area contributed by atoms with Crippen LogP contribution in [-0.4, -0.2) is 82.5 Å². The number of aryl methyl sites for hydroxylation is 1. The van der Waals surface area contributed by atoms with Gasteiger partial charge in [0.2, 0.25) is 0 Å². The molecule has 9 nitrogen and oxygen atoms in total. The van der Waals surface area contributed by atoms with E-state index >= 15 is 0 Å². The van der Waals surface area contributed by atoms with Gasteiger partial charge in [-0.15, -0.1) is 0 Å². The lowest BCUT2D eigenvalue weighted by Gasteiger charge is -2.41. The number of likely N-dealkylation sites (N-methyl/N-ethyl adjacent to an activating group) is 1. The lowest BCUT2D eigenvalue weighted by atomic mass is 10.1. The van der Waals surface area contributed by atoms with Gasteiger partial charge in [0.1, 0.15) is 12.4 Å². The highest BCUT2D eigenvalue weighted by atomic mass is 19.1. The molecule has 0 N–H and O–H groups in total. The third kappa shape index (κ3) is 5.04. The third-order valence-corrected chi connectivity index (χ3v) is 8.98. The van der Waals surface area contributed by atoms with Crippen molar-refractivity contribution >= 4 is 11.7 Å². The first-order valence-corrected chi connectivity index (χ1v) is 14.2. The zero-order chi connectivity index (χ0) is 27.8. The van der Waals surface area contributed by atoms with Crippen molar-refractivity contribution in [1.29, 1.82) is 5.26 Å². The van der Waals surface area contributed by atoms with Crippen molar-refractivity contribution in [2.45, 2.75) is 63.3 Å². The molecule has 40 heavy (non-hydrogen) atoms. The molecule has 0 saturated carbocycles. The lowest BCUT2D eigenvalue weighted by Crippen LogP contribution is -2.55. The largest absolute Gasteiger partial charge is 0.462 e. The quantitative estimate of drug-likeness (QED) is 0.490. The number of nitrogens with zero attached hydrogens (tertiary/aromatic N) is 7. The Bertz CT molecular complexity index is 1340. The van der Waals surface area contributed by atoms with Crippen LogP contribution in [0.4, 0.5) is 10.2 Å². The fraction of sp³-hybridized carbons (Fsp3) is 0.533. The number of halogens is 1. The molecule has 0 bridgehead atoms. The van der Waals surface area contributed by atoms with E-state index in [-0.39, 0.29) is 13.0 Å². The Labute approximate surface area is 234 Å². The van der Waals surface area contributed by atoms with Gasteiger partial charge in [0.05, 0.1) is 24.2 Å². The summed E-state index contributed by atoms with van der Waals surface area (Å²) < 4.78 is 20.0. The summed E-state index contributed by atoms with van der Waals surface area (Å²) in [6, 6.07) is 11.4. The Balaban J connectivity index is 1.29. The highest BCUT2D eigenvalue weighted by molar-refractivity contribution is 5.91. The molecule has 0 spiro atoms. The molecule has 1 aliphatic carbocycles. The number of fused-ring (bicyclic) bond motifs is 2. The van der Waals surface area contributed by atoms with Crippen LogP contribution >= 0.6 is 0 Å². The molecular formula is C30H36FN7O2. The Kier molecular flexibility index (Phi) is 7.43. The summed E-state index contributed by atoms with van der Waals surface area (Å²) in [6.45, 7) is 7.36. The van der Waals surface area contributed by atoms with Crippen molar-refractivity contribution < 1.29 is 13.9 Å². The van der Waals surface area contributed by atoms with Crippen LogP contribution in [0.2, 0.25) is 0 Å². The Morgan fingerprint density at radius 1 is 1.18 bits per heavy atom. The maximum Gasteiger partial charge on any atom is 0.318 e. The molecule has 2 saturated heterocycles. The average Bonchev–Trinajstić information content (AvgIpc) is 3.69. The molecule has 4 heterocycles. The van der Waals surface area contributed by atoms with E-state index < -0.39 is 17.8 Å². The van der Waals surface area contributed by atoms with Crippen LogP contribution in [0.25, 0.3) is 0 Å². The Hall–Kier alpha value is -3.55. The summed E-state index contributed by atoms with van der Waals surface area (Å²) in [4.78, 5) is 30.6. The maximum atomic E-state index is 13.8. The minimum atomic E-state index is -1.00. The molecule has 3 aliphatic heterocycles. The van der Waals surface area contributed by atoms with E-state index in [0.717, 1.165) is 55.8 Å². The van der Waals surface area contributed by atoms with Crippen LogP contribution < -0.4 is 9.64 Å². The zero-order valence-electron chi connectivity index (χ0n) is 23.1. The topological polar surface area (TPSA) is 88.8 Å². The number of benzene rings is 1. The van der Waals surface area contributed by atoms with Crippen molar-refractivity contribution in [1.82, 2.24) is 24.7 Å². The number of rotatable bonds is 7. The predicted molar refractivity (Wildman–Crippen MR) is 148 cm³/mol. The van der Waals surface area contributed by atoms with E-state index in [1.165, 1.54) is 16.0 Å². The number of carbonyl (C=O) groups excluding carboxylic acids is 1. The SMILES string of the molecule is C=C(F)C(=O)N1CCN(c2nc(OC[C@@H]3CCCN3C)nc3c2CN(C2CCc4ccccc42)C3)C[C@@H]1CC#N. The highest BCUT2D eigenvalue weighted by Gasteiger charge is 2.38. The second-order valence-electron chi connectivity index (χ2n) is 11.4. The van der Waals surface area contributed by atoms with Gasteiger partial charge < -0.3 is 19.4 Å². The third-order valence-electron chi connectivity index (χ3n) is 8.98. The fourth-order valence-electron chi connectivity index (χ4n) is 6.81. The molecule has 4 aliphatic rings. The van der Waals surface area contributed by atoms with Crippen LogP contribution in [-0.2, 0) is 24.3 Å². The predicted octanol–water partition coefficient (Wildman–Crippen LogP) is 3.37. The maximum absolute atomic E-state index is 13.8. The molecule has 10 heteroatoms. The van der Waals surface area contributed by atoms with Crippen molar-refractivity contribution in [2.24, 2.45) is 0 Å². The van der Waals surface area contributed by atoms with Crippen molar-refractivity contribution in [2.75, 3.05) is 44.7 Å². The number of nitriles is 1. The number of likely N-dealkylation sites (tertiary alicyclic amines) is 1. The van der Waals surface area contributed by atoms with Crippen molar-refractivity contribution in [3.63, 3.8) is 0 Å². The molecule has 2 aromatic rings. The van der Waals surface area contributed by atoms with Gasteiger partial charge in [-0.05, 0) is 50.4 Å².